The van der Waals surface area contributed by atoms with Crippen LogP contribution in [-0.4, -0.2) is 35.6 Å². The van der Waals surface area contributed by atoms with Crippen LogP contribution < -0.4 is 5.43 Å². The average molecular weight is 448 g/mol. The van der Waals surface area contributed by atoms with Crippen molar-refractivity contribution in [1.29, 1.82) is 0 Å². The van der Waals surface area contributed by atoms with E-state index in [1.54, 1.807) is 12.1 Å². The van der Waals surface area contributed by atoms with E-state index in [0.29, 0.717) is 41.8 Å². The Kier molecular flexibility index (Phi) is 6.99. The van der Waals surface area contributed by atoms with E-state index in [-0.39, 0.29) is 16.9 Å². The van der Waals surface area contributed by atoms with Crippen molar-refractivity contribution in [3.05, 3.63) is 80.7 Å². The van der Waals surface area contributed by atoms with E-state index in [0.717, 1.165) is 37.3 Å². The molecule has 1 N–H and O–H groups in total. The van der Waals surface area contributed by atoms with Crippen LogP contribution in [0.25, 0.3) is 11.0 Å². The number of aromatic carboxylic acids is 1. The Morgan fingerprint density at radius 3 is 2.36 bits per heavy atom. The lowest BCUT2D eigenvalue weighted by molar-refractivity contribution is 0.0695. The largest absolute Gasteiger partial charge is 0.478 e. The summed E-state index contributed by atoms with van der Waals surface area (Å²) in [6.07, 6.45) is 2.95. The maximum absolute atomic E-state index is 13.8. The van der Waals surface area contributed by atoms with Crippen LogP contribution in [0.1, 0.15) is 78.3 Å². The van der Waals surface area contributed by atoms with Gasteiger partial charge in [0.2, 0.25) is 0 Å². The highest BCUT2D eigenvalue weighted by Crippen LogP contribution is 2.55. The molecule has 0 bridgehead atoms. The molecule has 3 aromatic rings. The Morgan fingerprint density at radius 2 is 1.73 bits per heavy atom. The van der Waals surface area contributed by atoms with Crippen molar-refractivity contribution in [3.8, 4) is 0 Å². The van der Waals surface area contributed by atoms with Crippen molar-refractivity contribution >= 4 is 16.9 Å². The summed E-state index contributed by atoms with van der Waals surface area (Å²) < 4.78 is 6.43. The Labute approximate surface area is 195 Å². The first-order chi connectivity index (χ1) is 16.0. The van der Waals surface area contributed by atoms with E-state index >= 15 is 0 Å². The van der Waals surface area contributed by atoms with Gasteiger partial charge in [-0.05, 0) is 61.5 Å². The SMILES string of the molecule is CCCc1c(C2CC2c2ccccc2)oc2ccc(C(=O)O)c(CCN(CC)CC)c2c1=O. The molecule has 5 nitrogen and oxygen atoms in total. The minimum absolute atomic E-state index is 0.0514. The van der Waals surface area contributed by atoms with Gasteiger partial charge < -0.3 is 14.4 Å². The van der Waals surface area contributed by atoms with Crippen molar-refractivity contribution in [2.45, 2.75) is 58.3 Å². The maximum atomic E-state index is 13.8. The van der Waals surface area contributed by atoms with Gasteiger partial charge in [0.15, 0.2) is 5.43 Å². The molecule has 0 spiro atoms. The van der Waals surface area contributed by atoms with E-state index in [1.807, 2.05) is 18.2 Å². The third kappa shape index (κ3) is 4.60. The van der Waals surface area contributed by atoms with Crippen LogP contribution >= 0.6 is 0 Å². The second-order valence-corrected chi connectivity index (χ2v) is 8.93. The van der Waals surface area contributed by atoms with Gasteiger partial charge in [-0.3, -0.25) is 4.79 Å². The summed E-state index contributed by atoms with van der Waals surface area (Å²) in [5.74, 6) is 0.353. The van der Waals surface area contributed by atoms with E-state index in [9.17, 15) is 14.7 Å². The highest BCUT2D eigenvalue weighted by Gasteiger charge is 2.43. The lowest BCUT2D eigenvalue weighted by Gasteiger charge is -2.19. The maximum Gasteiger partial charge on any atom is 0.335 e. The standard InChI is InChI=1S/C28H33NO4/c1-4-10-21-26(30)25-19(15-16-29(5-2)6-3)20(28(31)32)13-14-24(25)33-27(21)23-17-22(23)18-11-8-7-9-12-18/h7-9,11-14,22-23H,4-6,10,15-17H2,1-3H3,(H,31,32). The van der Waals surface area contributed by atoms with Crippen LogP contribution in [0.4, 0.5) is 0 Å². The van der Waals surface area contributed by atoms with E-state index in [1.165, 1.54) is 5.56 Å². The molecule has 0 saturated heterocycles. The van der Waals surface area contributed by atoms with Gasteiger partial charge in [-0.1, -0.05) is 57.5 Å². The van der Waals surface area contributed by atoms with Crippen molar-refractivity contribution < 1.29 is 14.3 Å². The van der Waals surface area contributed by atoms with Gasteiger partial charge in [0, 0.05) is 18.0 Å². The molecule has 0 aliphatic heterocycles. The number of rotatable bonds is 10. The Hall–Kier alpha value is -2.92. The van der Waals surface area contributed by atoms with Crippen LogP contribution in [-0.2, 0) is 12.8 Å². The fourth-order valence-corrected chi connectivity index (χ4v) is 5.01. The zero-order chi connectivity index (χ0) is 23.5. The molecule has 1 heterocycles. The molecule has 0 radical (unpaired) electrons. The van der Waals surface area contributed by atoms with Gasteiger partial charge in [0.25, 0.3) is 0 Å². The van der Waals surface area contributed by atoms with E-state index < -0.39 is 5.97 Å². The summed E-state index contributed by atoms with van der Waals surface area (Å²) in [5.41, 5.74) is 3.25. The second-order valence-electron chi connectivity index (χ2n) is 8.93. The molecule has 2 aromatic carbocycles. The quantitative estimate of drug-likeness (QED) is 0.438. The van der Waals surface area contributed by atoms with Crippen molar-refractivity contribution in [1.82, 2.24) is 4.90 Å². The highest BCUT2D eigenvalue weighted by molar-refractivity contribution is 5.96. The van der Waals surface area contributed by atoms with Gasteiger partial charge in [0.1, 0.15) is 11.3 Å². The van der Waals surface area contributed by atoms with Crippen molar-refractivity contribution in [3.63, 3.8) is 0 Å². The number of carboxylic acids is 1. The normalized spacial score (nSPS) is 17.6. The number of carbonyl (C=O) groups is 1. The van der Waals surface area contributed by atoms with E-state index in [2.05, 4.69) is 37.8 Å². The zero-order valence-corrected chi connectivity index (χ0v) is 19.8. The average Bonchev–Trinajstić information content (AvgIpc) is 3.62. The molecule has 1 aliphatic rings. The third-order valence-electron chi connectivity index (χ3n) is 6.95. The molecule has 2 atom stereocenters. The predicted octanol–water partition coefficient (Wildman–Crippen LogP) is 5.60. The van der Waals surface area contributed by atoms with Gasteiger partial charge in [-0.2, -0.15) is 0 Å². The molecule has 1 aromatic heterocycles. The zero-order valence-electron chi connectivity index (χ0n) is 19.8. The molecular formula is C28H33NO4. The van der Waals surface area contributed by atoms with Gasteiger partial charge in [-0.15, -0.1) is 0 Å². The highest BCUT2D eigenvalue weighted by atomic mass is 16.4. The number of hydrogen-bond donors (Lipinski definition) is 1. The predicted molar refractivity (Wildman–Crippen MR) is 131 cm³/mol. The molecule has 33 heavy (non-hydrogen) atoms. The van der Waals surface area contributed by atoms with Crippen LogP contribution in [0, 0.1) is 0 Å². The molecule has 0 amide bonds. The topological polar surface area (TPSA) is 70.8 Å². The van der Waals surface area contributed by atoms with Crippen LogP contribution in [0.2, 0.25) is 0 Å². The minimum Gasteiger partial charge on any atom is -0.478 e. The molecule has 1 fully saturated rings. The fraction of sp³-hybridized carbons (Fsp3) is 0.429. The summed E-state index contributed by atoms with van der Waals surface area (Å²) in [4.78, 5) is 28.1. The first kappa shape index (κ1) is 23.2. The first-order valence-electron chi connectivity index (χ1n) is 12.1. The number of nitrogens with zero attached hydrogens (tertiary/aromatic N) is 1. The number of hydrogen-bond acceptors (Lipinski definition) is 4. The Balaban J connectivity index is 1.83. The lowest BCUT2D eigenvalue weighted by atomic mass is 9.95. The molecular weight excluding hydrogens is 414 g/mol. The monoisotopic (exact) mass is 447 g/mol. The van der Waals surface area contributed by atoms with Gasteiger partial charge >= 0.3 is 5.97 Å². The minimum atomic E-state index is -1.00. The Bertz CT molecular complexity index is 1190. The number of likely N-dealkylation sites (N-methyl/N-ethyl adjacent to an activating group) is 1. The molecule has 4 rings (SSSR count). The smallest absolute Gasteiger partial charge is 0.335 e. The summed E-state index contributed by atoms with van der Waals surface area (Å²) >= 11 is 0. The number of fused-ring (bicyclic) bond motifs is 1. The third-order valence-corrected chi connectivity index (χ3v) is 6.95. The molecule has 5 heteroatoms. The fourth-order valence-electron chi connectivity index (χ4n) is 5.01. The van der Waals surface area contributed by atoms with Crippen LogP contribution in [0.15, 0.2) is 51.7 Å². The van der Waals surface area contributed by atoms with Gasteiger partial charge in [-0.25, -0.2) is 4.79 Å². The van der Waals surface area contributed by atoms with Crippen LogP contribution in [0.5, 0.6) is 0 Å². The first-order valence-corrected chi connectivity index (χ1v) is 12.1. The summed E-state index contributed by atoms with van der Waals surface area (Å²) in [7, 11) is 0. The number of benzene rings is 2. The van der Waals surface area contributed by atoms with Crippen molar-refractivity contribution in [2.75, 3.05) is 19.6 Å². The molecule has 174 valence electrons. The molecule has 2 unspecified atom stereocenters. The van der Waals surface area contributed by atoms with E-state index in [4.69, 9.17) is 4.42 Å². The second kappa shape index (κ2) is 9.92. The Morgan fingerprint density at radius 1 is 1.00 bits per heavy atom. The summed E-state index contributed by atoms with van der Waals surface area (Å²) in [6, 6.07) is 13.6. The molecule has 1 aliphatic carbocycles. The van der Waals surface area contributed by atoms with Crippen molar-refractivity contribution in [2.24, 2.45) is 0 Å². The molecule has 1 saturated carbocycles. The summed E-state index contributed by atoms with van der Waals surface area (Å²) in [6.45, 7) is 8.70. The van der Waals surface area contributed by atoms with Gasteiger partial charge in [0.05, 0.1) is 10.9 Å². The summed E-state index contributed by atoms with van der Waals surface area (Å²) in [5, 5.41) is 10.3. The van der Waals surface area contributed by atoms with Crippen LogP contribution in [0.3, 0.4) is 0 Å². The lowest BCUT2D eigenvalue weighted by Crippen LogP contribution is -2.26. The number of carboxylic acid groups (broad SMARTS) is 1.